The summed E-state index contributed by atoms with van der Waals surface area (Å²) in [5, 5.41) is 12.0. The van der Waals surface area contributed by atoms with Gasteiger partial charge in [0.25, 0.3) is 0 Å². The highest BCUT2D eigenvalue weighted by atomic mass is 32.2. The number of carbonyl (C=O) groups excluding carboxylic acids is 3. The molecular weight excluding hydrogens is 452 g/mol. The third-order valence-corrected chi connectivity index (χ3v) is 6.60. The maximum Gasteiger partial charge on any atom is 0.241 e. The van der Waals surface area contributed by atoms with Crippen LogP contribution in [-0.4, -0.2) is 102 Å². The number of nitrogens with zero attached hydrogens (tertiary/aromatic N) is 5. The minimum Gasteiger partial charge on any atom is -0.333 e. The Morgan fingerprint density at radius 3 is 2.26 bits per heavy atom. The van der Waals surface area contributed by atoms with Crippen LogP contribution in [0.25, 0.3) is 0 Å². The summed E-state index contributed by atoms with van der Waals surface area (Å²) in [5.74, 6) is 0.539. The van der Waals surface area contributed by atoms with E-state index in [4.69, 9.17) is 5.26 Å². The first-order valence-electron chi connectivity index (χ1n) is 12.4. The van der Waals surface area contributed by atoms with Gasteiger partial charge in [0.2, 0.25) is 12.3 Å². The summed E-state index contributed by atoms with van der Waals surface area (Å²) in [7, 11) is 3.53. The van der Waals surface area contributed by atoms with E-state index in [9.17, 15) is 14.4 Å². The molecular formula is C24H46N6O3S. The number of thioether (sulfide) groups is 1. The summed E-state index contributed by atoms with van der Waals surface area (Å²) in [6.45, 7) is 4.60. The minimum absolute atomic E-state index is 0.0431. The smallest absolute Gasteiger partial charge is 0.241 e. The standard InChI is InChI=1S/C20H33N5O3S.C3H8.CH5N/c1-22(17-7-5-3-4-6-8-17)13-19-24(16-27)23(11-10-21)14-20(28)25(19)18(15-26)9-12-29-2;1-3-2;1-2/h15-19H,3-9,11-14H2,1-2H3;3H2,1-2H3;2H2,1H3/t18-,19?;;/m0../s1. The first-order chi connectivity index (χ1) is 16.5. The molecule has 2 fully saturated rings. The van der Waals surface area contributed by atoms with E-state index < -0.39 is 12.2 Å². The van der Waals surface area contributed by atoms with Gasteiger partial charge in [-0.3, -0.25) is 19.5 Å². The fourth-order valence-electron chi connectivity index (χ4n) is 4.35. The monoisotopic (exact) mass is 498 g/mol. The lowest BCUT2D eigenvalue weighted by atomic mass is 10.1. The van der Waals surface area contributed by atoms with E-state index in [0.717, 1.165) is 24.9 Å². The van der Waals surface area contributed by atoms with Crippen molar-refractivity contribution in [2.24, 2.45) is 5.73 Å². The van der Waals surface area contributed by atoms with Gasteiger partial charge in [0.1, 0.15) is 19.0 Å². The molecule has 2 amide bonds. The van der Waals surface area contributed by atoms with E-state index in [1.807, 2.05) is 19.4 Å². The Hall–Kier alpha value is -1.67. The van der Waals surface area contributed by atoms with Gasteiger partial charge in [-0.1, -0.05) is 46.0 Å². The molecule has 10 heteroatoms. The number of hydrogen-bond donors (Lipinski definition) is 1. The molecule has 1 aliphatic carbocycles. The van der Waals surface area contributed by atoms with Crippen molar-refractivity contribution in [1.82, 2.24) is 19.8 Å². The van der Waals surface area contributed by atoms with Crippen molar-refractivity contribution in [2.75, 3.05) is 45.7 Å². The zero-order valence-corrected chi connectivity index (χ0v) is 22.6. The van der Waals surface area contributed by atoms with Crippen molar-refractivity contribution in [2.45, 2.75) is 83.5 Å². The van der Waals surface area contributed by atoms with E-state index in [2.05, 4.69) is 24.5 Å². The van der Waals surface area contributed by atoms with E-state index in [1.54, 1.807) is 16.7 Å². The normalized spacial score (nSPS) is 20.3. The highest BCUT2D eigenvalue weighted by Crippen LogP contribution is 2.25. The molecule has 0 aromatic rings. The number of carbonyl (C=O) groups is 3. The van der Waals surface area contributed by atoms with Crippen LogP contribution in [0.1, 0.15) is 65.2 Å². The lowest BCUT2D eigenvalue weighted by molar-refractivity contribution is -0.186. The third kappa shape index (κ3) is 10.3. The molecule has 0 spiro atoms. The van der Waals surface area contributed by atoms with Crippen LogP contribution in [-0.2, 0) is 14.4 Å². The van der Waals surface area contributed by atoms with E-state index in [-0.39, 0.29) is 19.0 Å². The average Bonchev–Trinajstić information content (AvgIpc) is 3.13. The average molecular weight is 499 g/mol. The summed E-state index contributed by atoms with van der Waals surface area (Å²) in [6.07, 6.45) is 11.7. The van der Waals surface area contributed by atoms with Gasteiger partial charge in [-0.2, -0.15) is 22.0 Å². The quantitative estimate of drug-likeness (QED) is 0.277. The Labute approximate surface area is 210 Å². The van der Waals surface area contributed by atoms with E-state index in [0.29, 0.717) is 25.4 Å². The number of hydrogen-bond acceptors (Lipinski definition) is 8. The number of nitriles is 1. The van der Waals surface area contributed by atoms with Crippen molar-refractivity contribution in [3.63, 3.8) is 0 Å². The number of nitrogens with two attached hydrogens (primary N) is 1. The van der Waals surface area contributed by atoms with Crippen LogP contribution in [0.15, 0.2) is 0 Å². The molecule has 34 heavy (non-hydrogen) atoms. The second-order valence-electron chi connectivity index (χ2n) is 8.52. The molecule has 9 nitrogen and oxygen atoms in total. The van der Waals surface area contributed by atoms with E-state index >= 15 is 0 Å². The molecule has 1 unspecified atom stereocenters. The molecule has 1 heterocycles. The highest BCUT2D eigenvalue weighted by Gasteiger charge is 2.42. The third-order valence-electron chi connectivity index (χ3n) is 5.95. The van der Waals surface area contributed by atoms with Gasteiger partial charge in [-0.05, 0) is 45.4 Å². The molecule has 0 aromatic heterocycles. The Kier molecular flexibility index (Phi) is 18.7. The van der Waals surface area contributed by atoms with Crippen LogP contribution in [0.5, 0.6) is 0 Å². The van der Waals surface area contributed by atoms with Crippen molar-refractivity contribution < 1.29 is 14.4 Å². The predicted octanol–water partition coefficient (Wildman–Crippen LogP) is 2.32. The fourth-order valence-corrected chi connectivity index (χ4v) is 4.83. The first kappa shape index (κ1) is 32.3. The fraction of sp³-hybridized carbons (Fsp3) is 0.833. The van der Waals surface area contributed by atoms with Crippen LogP contribution in [0, 0.1) is 11.3 Å². The Morgan fingerprint density at radius 2 is 1.79 bits per heavy atom. The van der Waals surface area contributed by atoms with Crippen molar-refractivity contribution >= 4 is 30.4 Å². The summed E-state index contributed by atoms with van der Waals surface area (Å²) in [5.41, 5.74) is 4.50. The number of likely N-dealkylation sites (N-methyl/N-ethyl adjacent to an activating group) is 1. The maximum atomic E-state index is 13.0. The van der Waals surface area contributed by atoms with E-state index in [1.165, 1.54) is 49.2 Å². The van der Waals surface area contributed by atoms with Crippen LogP contribution < -0.4 is 5.73 Å². The molecule has 0 radical (unpaired) electrons. The van der Waals surface area contributed by atoms with Crippen molar-refractivity contribution in [1.29, 1.82) is 5.26 Å². The SMILES string of the molecule is CCC.CN.CSCC[C@@H](C=O)N1C(=O)CN(CC#N)N(C=O)C1CN(C)C1CCCCCC1. The topological polar surface area (TPSA) is 114 Å². The van der Waals surface area contributed by atoms with Crippen LogP contribution >= 0.6 is 11.8 Å². The Morgan fingerprint density at radius 1 is 1.21 bits per heavy atom. The van der Waals surface area contributed by atoms with Gasteiger partial charge < -0.3 is 15.4 Å². The molecule has 1 saturated heterocycles. The summed E-state index contributed by atoms with van der Waals surface area (Å²) < 4.78 is 0. The minimum atomic E-state index is -0.590. The molecule has 1 saturated carbocycles. The molecule has 1 aliphatic heterocycles. The van der Waals surface area contributed by atoms with Gasteiger partial charge >= 0.3 is 0 Å². The number of rotatable bonds is 10. The lowest BCUT2D eigenvalue weighted by Gasteiger charge is -2.50. The zero-order chi connectivity index (χ0) is 25.9. The molecule has 2 N–H and O–H groups in total. The first-order valence-corrected chi connectivity index (χ1v) is 13.8. The van der Waals surface area contributed by atoms with Crippen molar-refractivity contribution in [3.05, 3.63) is 0 Å². The summed E-state index contributed by atoms with van der Waals surface area (Å²) in [6, 6.07) is 1.85. The molecule has 196 valence electrons. The summed E-state index contributed by atoms with van der Waals surface area (Å²) >= 11 is 1.62. The molecule has 0 aromatic carbocycles. The molecule has 2 rings (SSSR count). The molecule has 2 aliphatic rings. The van der Waals surface area contributed by atoms with Crippen LogP contribution in [0.2, 0.25) is 0 Å². The van der Waals surface area contributed by atoms with Crippen molar-refractivity contribution in [3.8, 4) is 6.07 Å². The molecule has 2 atom stereocenters. The van der Waals surface area contributed by atoms with Gasteiger partial charge in [0.05, 0.1) is 18.7 Å². The zero-order valence-electron chi connectivity index (χ0n) is 21.8. The highest BCUT2D eigenvalue weighted by molar-refractivity contribution is 7.98. The maximum absolute atomic E-state index is 13.0. The number of aldehydes is 1. The second kappa shape index (κ2) is 19.6. The Balaban J connectivity index is 0.00000201. The molecule has 0 bridgehead atoms. The van der Waals surface area contributed by atoms with Gasteiger partial charge in [0.15, 0.2) is 0 Å². The predicted molar refractivity (Wildman–Crippen MR) is 139 cm³/mol. The Bertz CT molecular complexity index is 610. The number of hydrazine groups is 1. The van der Waals surface area contributed by atoms with Gasteiger partial charge in [-0.15, -0.1) is 0 Å². The van der Waals surface area contributed by atoms with Crippen LogP contribution in [0.4, 0.5) is 0 Å². The van der Waals surface area contributed by atoms with Gasteiger partial charge in [-0.25, -0.2) is 0 Å². The lowest BCUT2D eigenvalue weighted by Crippen LogP contribution is -2.69. The van der Waals surface area contributed by atoms with Gasteiger partial charge in [0, 0.05) is 12.6 Å². The summed E-state index contributed by atoms with van der Waals surface area (Å²) in [4.78, 5) is 40.6. The number of amides is 2. The largest absolute Gasteiger partial charge is 0.333 e. The second-order valence-corrected chi connectivity index (χ2v) is 9.51. The van der Waals surface area contributed by atoms with Crippen LogP contribution in [0.3, 0.4) is 0 Å².